The van der Waals surface area contributed by atoms with Crippen LogP contribution in [0.5, 0.6) is 0 Å². The molecular weight excluding hydrogens is 209 g/mol. The number of aliphatic hydroxyl groups is 1. The van der Waals surface area contributed by atoms with Crippen LogP contribution < -0.4 is 0 Å². The van der Waals surface area contributed by atoms with E-state index in [0.717, 1.165) is 5.56 Å². The quantitative estimate of drug-likeness (QED) is 0.836. The first-order valence-electron chi connectivity index (χ1n) is 4.92. The summed E-state index contributed by atoms with van der Waals surface area (Å²) in [5.41, 5.74) is 2.29. The molecule has 1 N–H and O–H groups in total. The maximum atomic E-state index is 13.7. The van der Waals surface area contributed by atoms with E-state index in [-0.39, 0.29) is 12.4 Å². The minimum atomic E-state index is -0.350. The predicted molar refractivity (Wildman–Crippen MR) is 56.7 cm³/mol. The van der Waals surface area contributed by atoms with Crippen molar-refractivity contribution in [2.24, 2.45) is 0 Å². The molecule has 84 valence electrons. The van der Waals surface area contributed by atoms with E-state index < -0.39 is 0 Å². The minimum Gasteiger partial charge on any atom is -0.390 e. The van der Waals surface area contributed by atoms with E-state index in [9.17, 15) is 4.39 Å². The van der Waals surface area contributed by atoms with Gasteiger partial charge in [0, 0.05) is 0 Å². The number of nitrogens with zero attached hydrogens (tertiary/aromatic N) is 3. The van der Waals surface area contributed by atoms with E-state index in [1.165, 1.54) is 10.7 Å². The van der Waals surface area contributed by atoms with Gasteiger partial charge in [-0.25, -0.2) is 9.07 Å². The van der Waals surface area contributed by atoms with Crippen LogP contribution in [0.25, 0.3) is 5.69 Å². The van der Waals surface area contributed by atoms with Gasteiger partial charge < -0.3 is 5.11 Å². The lowest BCUT2D eigenvalue weighted by Gasteiger charge is -2.05. The highest BCUT2D eigenvalue weighted by Gasteiger charge is 2.12. The molecule has 16 heavy (non-hydrogen) atoms. The maximum absolute atomic E-state index is 13.7. The number of hydrogen-bond acceptors (Lipinski definition) is 3. The van der Waals surface area contributed by atoms with Crippen LogP contribution in [-0.2, 0) is 6.61 Å². The number of halogens is 1. The van der Waals surface area contributed by atoms with Gasteiger partial charge in [-0.3, -0.25) is 0 Å². The summed E-state index contributed by atoms with van der Waals surface area (Å²) in [7, 11) is 0. The Hall–Kier alpha value is -1.75. The molecule has 5 heteroatoms. The molecule has 0 saturated carbocycles. The van der Waals surface area contributed by atoms with Gasteiger partial charge in [-0.1, -0.05) is 11.3 Å². The van der Waals surface area contributed by atoms with E-state index in [1.807, 2.05) is 6.92 Å². The summed E-state index contributed by atoms with van der Waals surface area (Å²) in [6.45, 7) is 3.37. The summed E-state index contributed by atoms with van der Waals surface area (Å²) in [6.07, 6.45) is 0. The predicted octanol–water partition coefficient (Wildman–Crippen LogP) is 1.52. The monoisotopic (exact) mass is 221 g/mol. The van der Waals surface area contributed by atoms with Crippen LogP contribution in [0.2, 0.25) is 0 Å². The molecule has 2 aromatic rings. The normalized spacial score (nSPS) is 10.8. The smallest absolute Gasteiger partial charge is 0.149 e. The summed E-state index contributed by atoms with van der Waals surface area (Å²) in [6, 6.07) is 4.89. The molecule has 0 radical (unpaired) electrons. The van der Waals surface area contributed by atoms with Crippen molar-refractivity contribution in [3.8, 4) is 5.69 Å². The van der Waals surface area contributed by atoms with Gasteiger partial charge >= 0.3 is 0 Å². The Morgan fingerprint density at radius 1 is 1.38 bits per heavy atom. The summed E-state index contributed by atoms with van der Waals surface area (Å²) >= 11 is 0. The third-order valence-corrected chi connectivity index (χ3v) is 2.47. The fourth-order valence-corrected chi connectivity index (χ4v) is 1.52. The van der Waals surface area contributed by atoms with Crippen molar-refractivity contribution in [3.05, 3.63) is 41.0 Å². The number of rotatable bonds is 2. The van der Waals surface area contributed by atoms with Crippen molar-refractivity contribution < 1.29 is 9.50 Å². The van der Waals surface area contributed by atoms with Crippen molar-refractivity contribution in [2.45, 2.75) is 20.5 Å². The van der Waals surface area contributed by atoms with E-state index in [4.69, 9.17) is 5.11 Å². The zero-order valence-corrected chi connectivity index (χ0v) is 9.11. The van der Waals surface area contributed by atoms with Crippen LogP contribution in [-0.4, -0.2) is 20.1 Å². The highest BCUT2D eigenvalue weighted by molar-refractivity contribution is 5.37. The van der Waals surface area contributed by atoms with Crippen LogP contribution >= 0.6 is 0 Å². The van der Waals surface area contributed by atoms with Gasteiger partial charge in [0.2, 0.25) is 0 Å². The molecule has 0 bridgehead atoms. The Balaban J connectivity index is 2.54. The number of hydrogen-bond donors (Lipinski definition) is 1. The summed E-state index contributed by atoms with van der Waals surface area (Å²) in [4.78, 5) is 0. The zero-order valence-electron chi connectivity index (χ0n) is 9.11. The highest BCUT2D eigenvalue weighted by Crippen LogP contribution is 2.16. The topological polar surface area (TPSA) is 50.9 Å². The van der Waals surface area contributed by atoms with Crippen LogP contribution in [0.15, 0.2) is 18.2 Å². The second-order valence-electron chi connectivity index (χ2n) is 3.65. The Morgan fingerprint density at radius 3 is 2.69 bits per heavy atom. The second kappa shape index (κ2) is 4.02. The molecule has 0 fully saturated rings. The van der Waals surface area contributed by atoms with Crippen molar-refractivity contribution >= 4 is 0 Å². The molecule has 1 aromatic carbocycles. The minimum absolute atomic E-state index is 0.195. The molecule has 1 aromatic heterocycles. The molecule has 0 aliphatic rings. The van der Waals surface area contributed by atoms with E-state index in [0.29, 0.717) is 17.1 Å². The maximum Gasteiger partial charge on any atom is 0.149 e. The fraction of sp³-hybridized carbons (Fsp3) is 0.273. The summed E-state index contributed by atoms with van der Waals surface area (Å²) in [5.74, 6) is -0.350. The van der Waals surface area contributed by atoms with Crippen LogP contribution in [0.3, 0.4) is 0 Å². The Morgan fingerprint density at radius 2 is 2.12 bits per heavy atom. The molecule has 2 rings (SSSR count). The van der Waals surface area contributed by atoms with Gasteiger partial charge in [-0.15, -0.1) is 5.10 Å². The van der Waals surface area contributed by atoms with Crippen LogP contribution in [0, 0.1) is 19.7 Å². The lowest BCUT2D eigenvalue weighted by Crippen LogP contribution is -2.02. The van der Waals surface area contributed by atoms with Gasteiger partial charge in [0.1, 0.15) is 17.2 Å². The molecule has 1 heterocycles. The summed E-state index contributed by atoms with van der Waals surface area (Å²) in [5, 5.41) is 16.6. The third-order valence-electron chi connectivity index (χ3n) is 2.47. The van der Waals surface area contributed by atoms with Gasteiger partial charge in [0.15, 0.2) is 0 Å². The first kappa shape index (κ1) is 10.8. The average molecular weight is 221 g/mol. The lowest BCUT2D eigenvalue weighted by molar-refractivity contribution is 0.276. The molecule has 0 spiro atoms. The van der Waals surface area contributed by atoms with Gasteiger partial charge in [0.05, 0.1) is 12.3 Å². The molecular formula is C11H12FN3O. The molecule has 0 unspecified atom stereocenters. The van der Waals surface area contributed by atoms with Crippen molar-refractivity contribution in [1.82, 2.24) is 15.0 Å². The summed E-state index contributed by atoms with van der Waals surface area (Å²) < 4.78 is 15.1. The second-order valence-corrected chi connectivity index (χ2v) is 3.65. The number of aryl methyl sites for hydroxylation is 1. The molecule has 0 amide bonds. The Labute approximate surface area is 92.3 Å². The Kier molecular flexibility index (Phi) is 2.70. The van der Waals surface area contributed by atoms with Crippen molar-refractivity contribution in [3.63, 3.8) is 0 Å². The molecule has 4 nitrogen and oxygen atoms in total. The molecule has 0 aliphatic carbocycles. The van der Waals surface area contributed by atoms with Gasteiger partial charge in [0.25, 0.3) is 0 Å². The van der Waals surface area contributed by atoms with Gasteiger partial charge in [-0.2, -0.15) is 0 Å². The molecule has 0 aliphatic heterocycles. The van der Waals surface area contributed by atoms with E-state index >= 15 is 0 Å². The van der Waals surface area contributed by atoms with Crippen LogP contribution in [0.1, 0.15) is 17.0 Å². The van der Waals surface area contributed by atoms with E-state index in [1.54, 1.807) is 19.1 Å². The number of aliphatic hydroxyl groups excluding tert-OH is 1. The average Bonchev–Trinajstić information content (AvgIpc) is 2.60. The largest absolute Gasteiger partial charge is 0.390 e. The first-order chi connectivity index (χ1) is 7.63. The molecule has 0 saturated heterocycles. The SMILES string of the molecule is Cc1ccc(-n2nnc(CO)c2C)c(F)c1. The third kappa shape index (κ3) is 1.69. The van der Waals surface area contributed by atoms with E-state index in [2.05, 4.69) is 10.3 Å². The first-order valence-corrected chi connectivity index (χ1v) is 4.92. The lowest BCUT2D eigenvalue weighted by atomic mass is 10.2. The van der Waals surface area contributed by atoms with Crippen molar-refractivity contribution in [1.29, 1.82) is 0 Å². The number of aromatic nitrogens is 3. The number of benzene rings is 1. The van der Waals surface area contributed by atoms with Crippen molar-refractivity contribution in [2.75, 3.05) is 0 Å². The Bertz CT molecular complexity index is 522. The zero-order chi connectivity index (χ0) is 11.7. The highest BCUT2D eigenvalue weighted by atomic mass is 19.1. The fourth-order valence-electron chi connectivity index (χ4n) is 1.52. The standard InChI is InChI=1S/C11H12FN3O/c1-7-3-4-11(9(12)5-7)15-8(2)10(6-16)13-14-15/h3-5,16H,6H2,1-2H3. The molecule has 0 atom stereocenters. The van der Waals surface area contributed by atoms with Gasteiger partial charge in [-0.05, 0) is 31.5 Å². The van der Waals surface area contributed by atoms with Crippen LogP contribution in [0.4, 0.5) is 4.39 Å².